The predicted molar refractivity (Wildman–Crippen MR) is 88.6 cm³/mol. The van der Waals surface area contributed by atoms with Gasteiger partial charge in [0, 0.05) is 11.6 Å². The maximum atomic E-state index is 12.4. The Kier molecular flexibility index (Phi) is 3.87. The Morgan fingerprint density at radius 2 is 1.83 bits per heavy atom. The molecule has 0 aliphatic rings. The van der Waals surface area contributed by atoms with Crippen molar-refractivity contribution in [1.29, 1.82) is 0 Å². The highest BCUT2D eigenvalue weighted by atomic mass is 16.4. The average Bonchev–Trinajstić information content (AvgIpc) is 2.55. The lowest BCUT2D eigenvalue weighted by Gasteiger charge is -2.08. The molecule has 3 aromatic rings. The van der Waals surface area contributed by atoms with E-state index >= 15 is 0 Å². The summed E-state index contributed by atoms with van der Waals surface area (Å²) in [6.07, 6.45) is 0. The van der Waals surface area contributed by atoms with E-state index < -0.39 is 17.2 Å². The Morgan fingerprint density at radius 3 is 2.54 bits per heavy atom. The van der Waals surface area contributed by atoms with Crippen LogP contribution < -0.4 is 10.7 Å². The van der Waals surface area contributed by atoms with Gasteiger partial charge in [0.05, 0.1) is 11.1 Å². The molecule has 2 aromatic carbocycles. The Hall–Kier alpha value is -3.41. The molecule has 0 fully saturated rings. The van der Waals surface area contributed by atoms with E-state index in [1.54, 1.807) is 30.3 Å². The van der Waals surface area contributed by atoms with Crippen molar-refractivity contribution in [1.82, 2.24) is 0 Å². The lowest BCUT2D eigenvalue weighted by molar-refractivity contribution is 0.0663. The fraction of sp³-hybridized carbons (Fsp3) is 0.0556. The van der Waals surface area contributed by atoms with Crippen LogP contribution in [0.2, 0.25) is 0 Å². The van der Waals surface area contributed by atoms with Crippen molar-refractivity contribution in [3.05, 3.63) is 75.6 Å². The number of carbonyl (C=O) groups excluding carboxylic acids is 1. The number of para-hydroxylation sites is 1. The van der Waals surface area contributed by atoms with Crippen molar-refractivity contribution in [2.24, 2.45) is 0 Å². The van der Waals surface area contributed by atoms with Crippen molar-refractivity contribution in [3.8, 4) is 0 Å². The second-order valence-corrected chi connectivity index (χ2v) is 5.29. The summed E-state index contributed by atoms with van der Waals surface area (Å²) in [6, 6.07) is 12.6. The SMILES string of the molecule is Cc1cccc(C(=O)Nc2cccc3c(=O)cc(C(=O)O)oc23)c1. The summed E-state index contributed by atoms with van der Waals surface area (Å²) in [6.45, 7) is 1.87. The minimum absolute atomic E-state index is 0.0309. The number of fused-ring (bicyclic) bond motifs is 1. The first kappa shape index (κ1) is 15.5. The van der Waals surface area contributed by atoms with E-state index in [0.29, 0.717) is 5.56 Å². The third kappa shape index (κ3) is 2.89. The summed E-state index contributed by atoms with van der Waals surface area (Å²) in [5.41, 5.74) is 1.16. The monoisotopic (exact) mass is 323 g/mol. The molecule has 1 amide bonds. The maximum absolute atomic E-state index is 12.4. The molecule has 0 saturated carbocycles. The zero-order chi connectivity index (χ0) is 17.3. The molecule has 0 aliphatic carbocycles. The summed E-state index contributed by atoms with van der Waals surface area (Å²) in [4.78, 5) is 35.5. The normalized spacial score (nSPS) is 10.5. The number of carboxylic acid groups (broad SMARTS) is 1. The number of benzene rings is 2. The van der Waals surface area contributed by atoms with Crippen LogP contribution in [-0.2, 0) is 0 Å². The smallest absolute Gasteiger partial charge is 0.371 e. The van der Waals surface area contributed by atoms with E-state index in [2.05, 4.69) is 5.32 Å². The summed E-state index contributed by atoms with van der Waals surface area (Å²) in [5, 5.41) is 11.9. The van der Waals surface area contributed by atoms with E-state index in [1.807, 2.05) is 13.0 Å². The van der Waals surface area contributed by atoms with Gasteiger partial charge in [0.1, 0.15) is 0 Å². The molecule has 0 aliphatic heterocycles. The van der Waals surface area contributed by atoms with Crippen molar-refractivity contribution >= 4 is 28.5 Å². The zero-order valence-corrected chi connectivity index (χ0v) is 12.7. The summed E-state index contributed by atoms with van der Waals surface area (Å²) < 4.78 is 5.28. The number of carbonyl (C=O) groups is 2. The van der Waals surface area contributed by atoms with Gasteiger partial charge in [0.25, 0.3) is 5.91 Å². The van der Waals surface area contributed by atoms with Crippen LogP contribution in [-0.4, -0.2) is 17.0 Å². The van der Waals surface area contributed by atoms with Gasteiger partial charge >= 0.3 is 5.97 Å². The topological polar surface area (TPSA) is 96.6 Å². The van der Waals surface area contributed by atoms with Crippen molar-refractivity contribution in [2.45, 2.75) is 6.92 Å². The largest absolute Gasteiger partial charge is 0.475 e. The Labute approximate surface area is 136 Å². The highest BCUT2D eigenvalue weighted by molar-refractivity contribution is 6.08. The second kappa shape index (κ2) is 6.00. The second-order valence-electron chi connectivity index (χ2n) is 5.29. The zero-order valence-electron chi connectivity index (χ0n) is 12.7. The first-order chi connectivity index (χ1) is 11.5. The molecule has 120 valence electrons. The number of carboxylic acids is 1. The molecule has 6 heteroatoms. The van der Waals surface area contributed by atoms with Crippen LogP contribution in [0, 0.1) is 6.92 Å². The van der Waals surface area contributed by atoms with Crippen molar-refractivity contribution in [2.75, 3.05) is 5.32 Å². The van der Waals surface area contributed by atoms with Gasteiger partial charge in [-0.05, 0) is 31.2 Å². The number of rotatable bonds is 3. The number of amides is 1. The van der Waals surface area contributed by atoms with E-state index in [0.717, 1.165) is 11.6 Å². The molecule has 0 saturated heterocycles. The number of hydrogen-bond acceptors (Lipinski definition) is 4. The van der Waals surface area contributed by atoms with Crippen LogP contribution in [0.4, 0.5) is 5.69 Å². The van der Waals surface area contributed by atoms with Gasteiger partial charge < -0.3 is 14.8 Å². The Bertz CT molecular complexity index is 1020. The van der Waals surface area contributed by atoms with Gasteiger partial charge in [-0.15, -0.1) is 0 Å². The molecule has 2 N–H and O–H groups in total. The van der Waals surface area contributed by atoms with Crippen LogP contribution in [0.1, 0.15) is 26.5 Å². The number of hydrogen-bond donors (Lipinski definition) is 2. The minimum Gasteiger partial charge on any atom is -0.475 e. The number of anilines is 1. The Morgan fingerprint density at radius 1 is 1.08 bits per heavy atom. The van der Waals surface area contributed by atoms with E-state index in [4.69, 9.17) is 9.52 Å². The van der Waals surface area contributed by atoms with Crippen LogP contribution >= 0.6 is 0 Å². The van der Waals surface area contributed by atoms with Crippen LogP contribution in [0.5, 0.6) is 0 Å². The molecule has 24 heavy (non-hydrogen) atoms. The molecular weight excluding hydrogens is 310 g/mol. The maximum Gasteiger partial charge on any atom is 0.371 e. The van der Waals surface area contributed by atoms with Gasteiger partial charge in [-0.1, -0.05) is 23.8 Å². The van der Waals surface area contributed by atoms with Gasteiger partial charge in [0.2, 0.25) is 5.76 Å². The average molecular weight is 323 g/mol. The molecule has 0 atom stereocenters. The van der Waals surface area contributed by atoms with E-state index in [-0.39, 0.29) is 22.6 Å². The van der Waals surface area contributed by atoms with Crippen LogP contribution in [0.15, 0.2) is 57.7 Å². The van der Waals surface area contributed by atoms with Gasteiger partial charge in [-0.25, -0.2) is 4.79 Å². The summed E-state index contributed by atoms with van der Waals surface area (Å²) in [5.74, 6) is -2.21. The van der Waals surface area contributed by atoms with Gasteiger partial charge in [0.15, 0.2) is 11.0 Å². The standard InChI is InChI=1S/C18H13NO5/c1-10-4-2-5-11(8-10)17(21)19-13-7-3-6-12-14(20)9-15(18(22)23)24-16(12)13/h2-9H,1H3,(H,19,21)(H,22,23). The molecule has 1 aromatic heterocycles. The molecule has 6 nitrogen and oxygen atoms in total. The first-order valence-electron chi connectivity index (χ1n) is 7.14. The summed E-state index contributed by atoms with van der Waals surface area (Å²) in [7, 11) is 0. The molecule has 0 unspecified atom stereocenters. The lowest BCUT2D eigenvalue weighted by atomic mass is 10.1. The van der Waals surface area contributed by atoms with E-state index in [9.17, 15) is 14.4 Å². The highest BCUT2D eigenvalue weighted by Gasteiger charge is 2.15. The number of aromatic carboxylic acids is 1. The third-order valence-corrected chi connectivity index (χ3v) is 3.49. The fourth-order valence-corrected chi connectivity index (χ4v) is 2.36. The van der Waals surface area contributed by atoms with Gasteiger partial charge in [-0.2, -0.15) is 0 Å². The fourth-order valence-electron chi connectivity index (χ4n) is 2.36. The molecule has 0 radical (unpaired) electrons. The summed E-state index contributed by atoms with van der Waals surface area (Å²) >= 11 is 0. The quantitative estimate of drug-likeness (QED) is 0.772. The molecule has 3 rings (SSSR count). The molecule has 0 spiro atoms. The number of nitrogens with one attached hydrogen (secondary N) is 1. The molecular formula is C18H13NO5. The number of aryl methyl sites for hydroxylation is 1. The lowest BCUT2D eigenvalue weighted by Crippen LogP contribution is -2.13. The third-order valence-electron chi connectivity index (χ3n) is 3.49. The van der Waals surface area contributed by atoms with E-state index in [1.165, 1.54) is 6.07 Å². The Balaban J connectivity index is 2.08. The first-order valence-corrected chi connectivity index (χ1v) is 7.14. The van der Waals surface area contributed by atoms with Crippen molar-refractivity contribution in [3.63, 3.8) is 0 Å². The minimum atomic E-state index is -1.35. The van der Waals surface area contributed by atoms with Crippen molar-refractivity contribution < 1.29 is 19.1 Å². The highest BCUT2D eigenvalue weighted by Crippen LogP contribution is 2.23. The molecule has 1 heterocycles. The molecule has 0 bridgehead atoms. The van der Waals surface area contributed by atoms with Crippen LogP contribution in [0.3, 0.4) is 0 Å². The predicted octanol–water partition coefficient (Wildman–Crippen LogP) is 3.05. The van der Waals surface area contributed by atoms with Crippen LogP contribution in [0.25, 0.3) is 11.0 Å². The van der Waals surface area contributed by atoms with Gasteiger partial charge in [-0.3, -0.25) is 9.59 Å².